The van der Waals surface area contributed by atoms with Gasteiger partial charge in [0.1, 0.15) is 0 Å². The summed E-state index contributed by atoms with van der Waals surface area (Å²) in [6.07, 6.45) is 0. The van der Waals surface area contributed by atoms with Gasteiger partial charge in [0.15, 0.2) is 9.84 Å². The summed E-state index contributed by atoms with van der Waals surface area (Å²) < 4.78 is 27.3. The number of nitrogens with two attached hydrogens (primary N) is 2. The average molecular weight is 409 g/mol. The Hall–Kier alpha value is -1.21. The highest BCUT2D eigenvalue weighted by Crippen LogP contribution is 2.63. The predicted octanol–water partition coefficient (Wildman–Crippen LogP) is 2.60. The van der Waals surface area contributed by atoms with Gasteiger partial charge in [0.05, 0.1) is 10.1 Å². The van der Waals surface area contributed by atoms with Crippen LogP contribution >= 0.6 is 15.9 Å². The van der Waals surface area contributed by atoms with E-state index in [-0.39, 0.29) is 19.0 Å². The summed E-state index contributed by atoms with van der Waals surface area (Å²) in [5.41, 5.74) is 13.3. The Kier molecular flexibility index (Phi) is 4.59. The van der Waals surface area contributed by atoms with E-state index in [1.54, 1.807) is 12.1 Å². The van der Waals surface area contributed by atoms with Gasteiger partial charge in [-0.2, -0.15) is 0 Å². The maximum absolute atomic E-state index is 13.2. The molecule has 0 bridgehead atoms. The van der Waals surface area contributed by atoms with Crippen LogP contribution in [0.5, 0.6) is 0 Å². The fraction of sp³-hybridized carbons (Fsp3) is 0.333. The van der Waals surface area contributed by atoms with E-state index in [0.29, 0.717) is 4.90 Å². The van der Waals surface area contributed by atoms with Crippen molar-refractivity contribution in [2.24, 2.45) is 16.9 Å². The van der Waals surface area contributed by atoms with Crippen molar-refractivity contribution >= 4 is 25.8 Å². The van der Waals surface area contributed by atoms with Crippen molar-refractivity contribution in [3.63, 3.8) is 0 Å². The molecule has 4 nitrogen and oxygen atoms in total. The lowest BCUT2D eigenvalue weighted by atomic mass is 9.99. The second-order valence-electron chi connectivity index (χ2n) is 6.45. The van der Waals surface area contributed by atoms with Crippen molar-refractivity contribution in [1.82, 2.24) is 0 Å². The van der Waals surface area contributed by atoms with Gasteiger partial charge in [-0.15, -0.1) is 0 Å². The molecule has 6 heteroatoms. The number of benzene rings is 2. The Morgan fingerprint density at radius 2 is 1.54 bits per heavy atom. The fourth-order valence-electron chi connectivity index (χ4n) is 3.56. The predicted molar refractivity (Wildman–Crippen MR) is 99.6 cm³/mol. The normalized spacial score (nSPS) is 22.3. The first-order chi connectivity index (χ1) is 11.4. The van der Waals surface area contributed by atoms with Gasteiger partial charge in [0.25, 0.3) is 0 Å². The van der Waals surface area contributed by atoms with Crippen molar-refractivity contribution in [3.8, 4) is 0 Å². The summed E-state index contributed by atoms with van der Waals surface area (Å²) in [5, 5.41) is -0.580. The molecule has 1 aliphatic rings. The molecule has 24 heavy (non-hydrogen) atoms. The molecule has 2 aromatic carbocycles. The van der Waals surface area contributed by atoms with E-state index in [1.165, 1.54) is 0 Å². The molecular formula is C18H21BrN2O2S. The van der Waals surface area contributed by atoms with Crippen LogP contribution in [0.2, 0.25) is 0 Å². The Morgan fingerprint density at radius 3 is 2.04 bits per heavy atom. The molecule has 0 saturated heterocycles. The molecule has 0 spiro atoms. The van der Waals surface area contributed by atoms with Gasteiger partial charge in [-0.25, -0.2) is 8.42 Å². The van der Waals surface area contributed by atoms with Gasteiger partial charge < -0.3 is 11.5 Å². The van der Waals surface area contributed by atoms with Gasteiger partial charge in [0, 0.05) is 28.9 Å². The Labute approximate surface area is 151 Å². The lowest BCUT2D eigenvalue weighted by Gasteiger charge is -2.13. The SMILES string of the molecule is Cc1ccc(S(=O)(=O)[C@@H]2[C@H](c3ccc(Br)cc3)C2(CN)CN)cc1. The van der Waals surface area contributed by atoms with Crippen molar-refractivity contribution in [2.75, 3.05) is 13.1 Å². The third-order valence-corrected chi connectivity index (χ3v) is 7.92. The topological polar surface area (TPSA) is 86.2 Å². The molecule has 2 atom stereocenters. The van der Waals surface area contributed by atoms with Crippen LogP contribution in [0.1, 0.15) is 17.0 Å². The van der Waals surface area contributed by atoms with Crippen LogP contribution in [0, 0.1) is 12.3 Å². The zero-order valence-corrected chi connectivity index (χ0v) is 15.8. The summed E-state index contributed by atoms with van der Waals surface area (Å²) in [7, 11) is -3.49. The first-order valence-electron chi connectivity index (χ1n) is 7.83. The molecule has 0 aromatic heterocycles. The Balaban J connectivity index is 2.04. The number of sulfone groups is 1. The van der Waals surface area contributed by atoms with Gasteiger partial charge in [-0.05, 0) is 36.8 Å². The minimum atomic E-state index is -3.49. The minimum absolute atomic E-state index is 0.174. The van der Waals surface area contributed by atoms with E-state index in [0.717, 1.165) is 15.6 Å². The molecule has 1 aliphatic carbocycles. The number of halogens is 1. The summed E-state index contributed by atoms with van der Waals surface area (Å²) in [6.45, 7) is 2.43. The first-order valence-corrected chi connectivity index (χ1v) is 10.2. The van der Waals surface area contributed by atoms with Crippen LogP contribution in [0.3, 0.4) is 0 Å². The van der Waals surface area contributed by atoms with Crippen molar-refractivity contribution in [3.05, 3.63) is 64.1 Å². The highest BCUT2D eigenvalue weighted by atomic mass is 79.9. The van der Waals surface area contributed by atoms with Gasteiger partial charge in [-0.3, -0.25) is 0 Å². The second-order valence-corrected chi connectivity index (χ2v) is 9.43. The van der Waals surface area contributed by atoms with E-state index >= 15 is 0 Å². The molecule has 0 unspecified atom stereocenters. The van der Waals surface area contributed by atoms with E-state index in [4.69, 9.17) is 11.5 Å². The highest BCUT2D eigenvalue weighted by molar-refractivity contribution is 9.10. The molecule has 0 radical (unpaired) electrons. The summed E-state index contributed by atoms with van der Waals surface area (Å²) >= 11 is 3.41. The van der Waals surface area contributed by atoms with Crippen molar-refractivity contribution < 1.29 is 8.42 Å². The molecule has 128 valence electrons. The lowest BCUT2D eigenvalue weighted by Crippen LogP contribution is -2.31. The van der Waals surface area contributed by atoms with Gasteiger partial charge in [-0.1, -0.05) is 45.8 Å². The molecule has 3 rings (SSSR count). The molecule has 2 aromatic rings. The molecule has 0 heterocycles. The van der Waals surface area contributed by atoms with E-state index < -0.39 is 20.5 Å². The monoisotopic (exact) mass is 408 g/mol. The zero-order chi connectivity index (χ0) is 17.5. The van der Waals surface area contributed by atoms with E-state index in [2.05, 4.69) is 15.9 Å². The van der Waals surface area contributed by atoms with Crippen LogP contribution in [0.4, 0.5) is 0 Å². The number of hydrogen-bond acceptors (Lipinski definition) is 4. The second kappa shape index (κ2) is 6.26. The standard InChI is InChI=1S/C18H21BrN2O2S/c1-12-2-8-15(9-3-12)24(22,23)17-16(18(17,10-20)11-21)13-4-6-14(19)7-5-13/h2-9,16-17H,10-11,20-21H2,1H3/t16-,17+/m0/s1. The molecule has 1 saturated carbocycles. The maximum atomic E-state index is 13.2. The summed E-state index contributed by atoms with van der Waals surface area (Å²) in [4.78, 5) is 0.337. The largest absolute Gasteiger partial charge is 0.330 e. The first kappa shape index (κ1) is 17.6. The third-order valence-electron chi connectivity index (χ3n) is 5.05. The van der Waals surface area contributed by atoms with E-state index in [1.807, 2.05) is 43.3 Å². The molecule has 4 N–H and O–H groups in total. The molecule has 1 fully saturated rings. The Morgan fingerprint density at radius 1 is 1.00 bits per heavy atom. The van der Waals surface area contributed by atoms with Crippen molar-refractivity contribution in [1.29, 1.82) is 0 Å². The van der Waals surface area contributed by atoms with Crippen LogP contribution < -0.4 is 11.5 Å². The minimum Gasteiger partial charge on any atom is -0.330 e. The van der Waals surface area contributed by atoms with Crippen LogP contribution in [-0.2, 0) is 9.84 Å². The van der Waals surface area contributed by atoms with Crippen LogP contribution in [-0.4, -0.2) is 26.8 Å². The van der Waals surface area contributed by atoms with Crippen LogP contribution in [0.25, 0.3) is 0 Å². The third kappa shape index (κ3) is 2.71. The van der Waals surface area contributed by atoms with Crippen LogP contribution in [0.15, 0.2) is 57.9 Å². The summed E-state index contributed by atoms with van der Waals surface area (Å²) in [5.74, 6) is -0.174. The highest BCUT2D eigenvalue weighted by Gasteiger charge is 2.69. The maximum Gasteiger partial charge on any atom is 0.182 e. The molecular weight excluding hydrogens is 388 g/mol. The van der Waals surface area contributed by atoms with Gasteiger partial charge >= 0.3 is 0 Å². The average Bonchev–Trinajstić information content (AvgIpc) is 3.26. The fourth-order valence-corrected chi connectivity index (χ4v) is 6.30. The number of aryl methyl sites for hydroxylation is 1. The molecule has 0 aliphatic heterocycles. The summed E-state index contributed by atoms with van der Waals surface area (Å²) in [6, 6.07) is 14.7. The van der Waals surface area contributed by atoms with E-state index in [9.17, 15) is 8.42 Å². The molecule has 0 amide bonds. The van der Waals surface area contributed by atoms with Gasteiger partial charge in [0.2, 0.25) is 0 Å². The quantitative estimate of drug-likeness (QED) is 0.795. The zero-order valence-electron chi connectivity index (χ0n) is 13.4. The van der Waals surface area contributed by atoms with Crippen molar-refractivity contribution in [2.45, 2.75) is 23.0 Å². The number of hydrogen-bond donors (Lipinski definition) is 2. The lowest BCUT2D eigenvalue weighted by molar-refractivity contribution is 0.510. The smallest absolute Gasteiger partial charge is 0.182 e. The number of rotatable bonds is 5. The Bertz CT molecular complexity index is 828.